The van der Waals surface area contributed by atoms with Gasteiger partial charge in [0.05, 0.1) is 58.3 Å². The van der Waals surface area contributed by atoms with Gasteiger partial charge in [0, 0.05) is 30.9 Å². The van der Waals surface area contributed by atoms with Crippen molar-refractivity contribution in [2.75, 3.05) is 9.80 Å². The maximum Gasteiger partial charge on any atom is 0.573 e. The number of carbonyl (C=O) groups is 4. The monoisotopic (exact) mass is 1030 g/mol. The minimum atomic E-state index is -4.85. The van der Waals surface area contributed by atoms with Gasteiger partial charge in [-0.1, -0.05) is 94.9 Å². The van der Waals surface area contributed by atoms with Gasteiger partial charge in [0.15, 0.2) is 0 Å². The van der Waals surface area contributed by atoms with Gasteiger partial charge in [-0.05, 0) is 107 Å². The molecule has 2 saturated heterocycles. The molecule has 0 radical (unpaired) electrons. The number of nitrogens with zero attached hydrogens (tertiary/aromatic N) is 4. The Hall–Kier alpha value is -7.08. The third kappa shape index (κ3) is 8.24. The third-order valence-electron chi connectivity index (χ3n) is 12.7. The first kappa shape index (κ1) is 48.0. The van der Waals surface area contributed by atoms with E-state index in [0.29, 0.717) is 33.4 Å². The van der Waals surface area contributed by atoms with Crippen LogP contribution in [0.2, 0.25) is 20.1 Å². The van der Waals surface area contributed by atoms with E-state index in [4.69, 9.17) is 56.9 Å². The minimum Gasteiger partial charge on any atom is -0.406 e. The fraction of sp³-hybridized carbons (Fsp3) is 0.160. The Labute approximate surface area is 412 Å². The predicted octanol–water partition coefficient (Wildman–Crippen LogP) is 11.7. The molecule has 0 N–H and O–H groups in total. The standard InChI is InChI=1S/2C25H13Cl2F3N2O3/c2*26-16-9-17(27)11-18(10-16)32-22(33)20-21(23(32)34)24(20,14-3-1-13(12-31)2-4-14)15-5-7-19(8-6-15)35-25(28,29)30/h2*1-11,20-21H/t2*20-,21+,24?. The number of hydrogen-bond acceptors (Lipinski definition) is 8. The number of piperidine rings is 2. The van der Waals surface area contributed by atoms with Gasteiger partial charge in [-0.2, -0.15) is 10.5 Å². The molecule has 2 unspecified atom stereocenters. The highest BCUT2D eigenvalue weighted by Gasteiger charge is 2.80. The third-order valence-corrected chi connectivity index (χ3v) is 13.6. The minimum absolute atomic E-state index is 0.243. The zero-order valence-corrected chi connectivity index (χ0v) is 38.1. The van der Waals surface area contributed by atoms with Crippen LogP contribution in [0.25, 0.3) is 0 Å². The molecule has 4 amide bonds. The lowest BCUT2D eigenvalue weighted by Crippen LogP contribution is -2.39. The van der Waals surface area contributed by atoms with Crippen LogP contribution in [0.5, 0.6) is 11.5 Å². The van der Waals surface area contributed by atoms with Crippen LogP contribution in [0.4, 0.5) is 37.7 Å². The molecule has 0 aromatic heterocycles. The van der Waals surface area contributed by atoms with Crippen LogP contribution in [0, 0.1) is 46.3 Å². The van der Waals surface area contributed by atoms with Crippen molar-refractivity contribution in [1.82, 2.24) is 0 Å². The number of benzene rings is 6. The lowest BCUT2D eigenvalue weighted by atomic mass is 9.82. The van der Waals surface area contributed by atoms with E-state index in [0.717, 1.165) is 34.1 Å². The Kier molecular flexibility index (Phi) is 11.9. The van der Waals surface area contributed by atoms with Crippen LogP contribution in [-0.4, -0.2) is 36.4 Å². The van der Waals surface area contributed by atoms with Crippen molar-refractivity contribution in [3.8, 4) is 23.6 Å². The Bertz CT molecular complexity index is 2930. The number of hydrogen-bond donors (Lipinski definition) is 0. The SMILES string of the molecule is N#Cc1ccc(C2(c3ccc(OC(F)(F)F)cc3)[C@@H]3C(=O)N(c4cc(Cl)cc(Cl)c4)C(=O)[C@@H]32)cc1.N#Cc1ccc(C2(c3ccc(OC(F)(F)F)cc3)[C@@H]3C(=O)N(c4cc(Cl)cc(Cl)c4)C(=O)[C@@H]32)cc1. The van der Waals surface area contributed by atoms with Crippen LogP contribution >= 0.6 is 46.4 Å². The molecule has 4 fully saturated rings. The van der Waals surface area contributed by atoms with E-state index in [-0.39, 0.29) is 31.5 Å². The maximum absolute atomic E-state index is 13.5. The van der Waals surface area contributed by atoms with Gasteiger partial charge >= 0.3 is 12.7 Å². The molecule has 2 saturated carbocycles. The summed E-state index contributed by atoms with van der Waals surface area (Å²) in [7, 11) is 0. The first-order chi connectivity index (χ1) is 33.1. The number of alkyl halides is 6. The average molecular weight is 1030 g/mol. The maximum atomic E-state index is 13.5. The van der Waals surface area contributed by atoms with E-state index >= 15 is 0 Å². The molecule has 70 heavy (non-hydrogen) atoms. The highest BCUT2D eigenvalue weighted by molar-refractivity contribution is 6.37. The number of nitriles is 2. The summed E-state index contributed by atoms with van der Waals surface area (Å²) in [5.41, 5.74) is 1.22. The molecular formula is C50H26Cl4F6N4O6. The fourth-order valence-corrected chi connectivity index (χ4v) is 11.0. The van der Waals surface area contributed by atoms with Gasteiger partial charge in [-0.25, -0.2) is 9.80 Å². The van der Waals surface area contributed by atoms with Gasteiger partial charge in [-0.3, -0.25) is 19.2 Å². The van der Waals surface area contributed by atoms with Crippen molar-refractivity contribution in [2.24, 2.45) is 23.7 Å². The van der Waals surface area contributed by atoms with Crippen molar-refractivity contribution in [3.63, 3.8) is 0 Å². The van der Waals surface area contributed by atoms with Gasteiger partial charge in [-0.15, -0.1) is 26.3 Å². The molecule has 4 aliphatic rings. The Morgan fingerprint density at radius 2 is 0.671 bits per heavy atom. The van der Waals surface area contributed by atoms with Crippen molar-refractivity contribution in [3.05, 3.63) is 187 Å². The first-order valence-corrected chi connectivity index (χ1v) is 22.0. The highest BCUT2D eigenvalue weighted by Crippen LogP contribution is 2.70. The molecule has 2 aliphatic carbocycles. The van der Waals surface area contributed by atoms with Crippen molar-refractivity contribution in [2.45, 2.75) is 23.6 Å². The topological polar surface area (TPSA) is 141 Å². The molecule has 0 bridgehead atoms. The number of halogens is 10. The van der Waals surface area contributed by atoms with Gasteiger partial charge in [0.1, 0.15) is 11.5 Å². The van der Waals surface area contributed by atoms with E-state index in [1.54, 1.807) is 48.5 Å². The number of imide groups is 2. The second-order valence-electron chi connectivity index (χ2n) is 16.5. The van der Waals surface area contributed by atoms with E-state index in [1.807, 2.05) is 12.1 Å². The van der Waals surface area contributed by atoms with Crippen LogP contribution < -0.4 is 19.3 Å². The van der Waals surface area contributed by atoms with Crippen LogP contribution in [0.3, 0.4) is 0 Å². The normalized spacial score (nSPS) is 23.1. The number of anilines is 2. The summed E-state index contributed by atoms with van der Waals surface area (Å²) >= 11 is 24.2. The highest BCUT2D eigenvalue weighted by atomic mass is 35.5. The summed E-state index contributed by atoms with van der Waals surface area (Å²) in [5, 5.41) is 19.3. The van der Waals surface area contributed by atoms with Gasteiger partial charge in [0.25, 0.3) is 0 Å². The van der Waals surface area contributed by atoms with Crippen molar-refractivity contribution < 1.29 is 55.0 Å². The molecule has 6 atom stereocenters. The molecule has 2 aliphatic heterocycles. The van der Waals surface area contributed by atoms with E-state index < -0.39 is 82.4 Å². The Morgan fingerprint density at radius 3 is 0.900 bits per heavy atom. The van der Waals surface area contributed by atoms with Crippen molar-refractivity contribution >= 4 is 81.4 Å². The fourth-order valence-electron chi connectivity index (χ4n) is 10.0. The molecule has 10 nitrogen and oxygen atoms in total. The number of fused-ring (bicyclic) bond motifs is 2. The lowest BCUT2D eigenvalue weighted by Gasteiger charge is -2.27. The molecule has 6 aromatic carbocycles. The van der Waals surface area contributed by atoms with Crippen molar-refractivity contribution in [1.29, 1.82) is 10.5 Å². The summed E-state index contributed by atoms with van der Waals surface area (Å²) in [5.74, 6) is -5.92. The quantitative estimate of drug-likeness (QED) is 0.108. The Balaban J connectivity index is 0.000000174. The van der Waals surface area contributed by atoms with Gasteiger partial charge < -0.3 is 9.47 Å². The summed E-state index contributed by atoms with van der Waals surface area (Å²) < 4.78 is 83.6. The second kappa shape index (κ2) is 17.4. The molecular weight excluding hydrogens is 1010 g/mol. The van der Waals surface area contributed by atoms with Crippen LogP contribution in [0.15, 0.2) is 133 Å². The second-order valence-corrected chi connectivity index (χ2v) is 18.2. The van der Waals surface area contributed by atoms with E-state index in [1.165, 1.54) is 60.7 Å². The largest absolute Gasteiger partial charge is 0.573 e. The molecule has 20 heteroatoms. The summed E-state index contributed by atoms with van der Waals surface area (Å²) in [4.78, 5) is 56.1. The predicted molar refractivity (Wildman–Crippen MR) is 242 cm³/mol. The number of ether oxygens (including phenoxy) is 2. The molecule has 10 rings (SSSR count). The molecule has 352 valence electrons. The van der Waals surface area contributed by atoms with E-state index in [2.05, 4.69) is 9.47 Å². The molecule has 0 spiro atoms. The Morgan fingerprint density at radius 1 is 0.429 bits per heavy atom. The number of rotatable bonds is 8. The number of carbonyl (C=O) groups excluding carboxylic acids is 4. The van der Waals surface area contributed by atoms with Gasteiger partial charge in [0.2, 0.25) is 23.6 Å². The smallest absolute Gasteiger partial charge is 0.406 e. The zero-order chi connectivity index (χ0) is 50.2. The molecule has 2 heterocycles. The summed E-state index contributed by atoms with van der Waals surface area (Å²) in [6.45, 7) is 0. The summed E-state index contributed by atoms with van der Waals surface area (Å²) in [6, 6.07) is 35.9. The lowest BCUT2D eigenvalue weighted by molar-refractivity contribution is -0.275. The van der Waals surface area contributed by atoms with Crippen LogP contribution in [-0.2, 0) is 30.0 Å². The zero-order valence-electron chi connectivity index (χ0n) is 35.0. The average Bonchev–Trinajstić information content (AvgIpc) is 4.13. The first-order valence-electron chi connectivity index (χ1n) is 20.5. The summed E-state index contributed by atoms with van der Waals surface area (Å²) in [6.07, 6.45) is -9.71. The number of amides is 4. The molecule has 6 aromatic rings. The van der Waals surface area contributed by atoms with E-state index in [9.17, 15) is 45.5 Å². The van der Waals surface area contributed by atoms with Crippen LogP contribution in [0.1, 0.15) is 33.4 Å².